The predicted molar refractivity (Wildman–Crippen MR) is 184 cm³/mol. The summed E-state index contributed by atoms with van der Waals surface area (Å²) in [5.41, 5.74) is 3.69. The number of aromatic nitrogens is 4. The van der Waals surface area contributed by atoms with E-state index >= 15 is 4.39 Å². The number of aryl methyl sites for hydroxylation is 1. The highest BCUT2D eigenvalue weighted by atomic mass is 19.1. The molecule has 1 atom stereocenters. The van der Waals surface area contributed by atoms with E-state index in [1.165, 1.54) is 15.7 Å². The molecule has 49 heavy (non-hydrogen) atoms. The van der Waals surface area contributed by atoms with Crippen LogP contribution < -0.4 is 20.7 Å². The molecule has 4 aromatic heterocycles. The fraction of sp³-hybridized carbons (Fsp3) is 0.417. The normalized spacial score (nSPS) is 19.7. The summed E-state index contributed by atoms with van der Waals surface area (Å²) < 4.78 is 24.3. The summed E-state index contributed by atoms with van der Waals surface area (Å²) in [7, 11) is 1.64. The van der Waals surface area contributed by atoms with Crippen LogP contribution in [-0.2, 0) is 31.2 Å². The van der Waals surface area contributed by atoms with Gasteiger partial charge in [0.15, 0.2) is 12.1 Å². The van der Waals surface area contributed by atoms with E-state index in [9.17, 15) is 14.4 Å². The van der Waals surface area contributed by atoms with Gasteiger partial charge in [0.2, 0.25) is 0 Å². The molecular formula is C36H39FN8O4. The van der Waals surface area contributed by atoms with Crippen LogP contribution in [0.2, 0.25) is 0 Å². The quantitative estimate of drug-likeness (QED) is 0.294. The summed E-state index contributed by atoms with van der Waals surface area (Å²) in [4.78, 5) is 55.0. The van der Waals surface area contributed by atoms with E-state index in [1.54, 1.807) is 25.4 Å². The Morgan fingerprint density at radius 1 is 1.02 bits per heavy atom. The minimum atomic E-state index is -0.491. The molecule has 4 aliphatic heterocycles. The van der Waals surface area contributed by atoms with E-state index in [2.05, 4.69) is 32.0 Å². The van der Waals surface area contributed by atoms with Gasteiger partial charge in [-0.25, -0.2) is 14.4 Å². The van der Waals surface area contributed by atoms with Crippen LogP contribution in [0.15, 0.2) is 47.7 Å². The largest absolute Gasteiger partial charge is 0.378 e. The number of rotatable bonds is 7. The van der Waals surface area contributed by atoms with Gasteiger partial charge in [0, 0.05) is 75.9 Å². The van der Waals surface area contributed by atoms with Crippen LogP contribution >= 0.6 is 0 Å². The first kappa shape index (κ1) is 31.4. The number of hydrogen-bond donors (Lipinski definition) is 1. The van der Waals surface area contributed by atoms with Crippen LogP contribution in [-0.4, -0.2) is 87.7 Å². The number of anilines is 4. The van der Waals surface area contributed by atoms with Crippen molar-refractivity contribution < 1.29 is 18.7 Å². The smallest absolute Gasteiger partial charge is 0.274 e. The highest BCUT2D eigenvalue weighted by Gasteiger charge is 2.37. The van der Waals surface area contributed by atoms with Crippen molar-refractivity contribution in [1.29, 1.82) is 0 Å². The minimum absolute atomic E-state index is 0.0831. The molecule has 254 valence electrons. The fourth-order valence-corrected chi connectivity index (χ4v) is 7.79. The van der Waals surface area contributed by atoms with Crippen molar-refractivity contribution in [3.05, 3.63) is 81.5 Å². The number of ether oxygens (including phenoxy) is 1. The molecule has 0 aliphatic carbocycles. The number of pyridine rings is 3. The summed E-state index contributed by atoms with van der Waals surface area (Å²) in [6, 6.07) is 8.06. The van der Waals surface area contributed by atoms with Gasteiger partial charge in [-0.05, 0) is 56.0 Å². The standard InChI is InChI=1S/C36H39FN8O4/c1-22-17-42(25-20-49-21-25)13-14-43(22)24-6-7-31(39-16-24)40-28-15-23(18-41(2)35(28)47)26-8-10-38-34(27(26)19-46)45-12-9-29-32(36(45)48)33(37)30-5-3-4-11-44(29)30/h6-8,10,15-16,18-19,22,25H,3-5,9,11-14,17,20-21H2,1-2H3,(H,39,40)/t22-/m0/s1. The second-order valence-electron chi connectivity index (χ2n) is 13.4. The van der Waals surface area contributed by atoms with Crippen LogP contribution in [0.4, 0.5) is 27.4 Å². The number of fused-ring (bicyclic) bond motifs is 3. The minimum Gasteiger partial charge on any atom is -0.378 e. The van der Waals surface area contributed by atoms with Crippen LogP contribution in [0.3, 0.4) is 0 Å². The van der Waals surface area contributed by atoms with E-state index < -0.39 is 11.7 Å². The molecule has 13 heteroatoms. The molecule has 4 aromatic rings. The molecule has 4 aliphatic rings. The number of nitrogens with zero attached hydrogens (tertiary/aromatic N) is 7. The average molecular weight is 667 g/mol. The van der Waals surface area contributed by atoms with Gasteiger partial charge in [-0.1, -0.05) is 0 Å². The summed E-state index contributed by atoms with van der Waals surface area (Å²) in [6.07, 6.45) is 8.58. The lowest BCUT2D eigenvalue weighted by Gasteiger charge is -2.46. The summed E-state index contributed by atoms with van der Waals surface area (Å²) >= 11 is 0. The number of carbonyl (C=O) groups is 2. The first-order chi connectivity index (χ1) is 23.8. The maximum Gasteiger partial charge on any atom is 0.274 e. The van der Waals surface area contributed by atoms with Crippen molar-refractivity contribution in [1.82, 2.24) is 24.0 Å². The molecule has 0 radical (unpaired) electrons. The summed E-state index contributed by atoms with van der Waals surface area (Å²) in [5.74, 6) is -0.271. The van der Waals surface area contributed by atoms with E-state index in [4.69, 9.17) is 4.74 Å². The van der Waals surface area contributed by atoms with E-state index in [-0.39, 0.29) is 34.7 Å². The van der Waals surface area contributed by atoms with Crippen molar-refractivity contribution in [2.75, 3.05) is 54.5 Å². The number of halogens is 1. The molecule has 2 saturated heterocycles. The Balaban J connectivity index is 1.05. The van der Waals surface area contributed by atoms with E-state index in [1.807, 2.05) is 22.9 Å². The van der Waals surface area contributed by atoms with Gasteiger partial charge in [0.1, 0.15) is 17.3 Å². The number of piperazine rings is 1. The first-order valence-electron chi connectivity index (χ1n) is 17.0. The lowest BCUT2D eigenvalue weighted by atomic mass is 10.0. The Bertz CT molecular complexity index is 2000. The predicted octanol–water partition coefficient (Wildman–Crippen LogP) is 3.79. The molecule has 8 heterocycles. The zero-order chi connectivity index (χ0) is 33.8. The average Bonchev–Trinajstić information content (AvgIpc) is 3.38. The van der Waals surface area contributed by atoms with Crippen molar-refractivity contribution in [2.24, 2.45) is 7.05 Å². The van der Waals surface area contributed by atoms with Crippen LogP contribution in [0.5, 0.6) is 0 Å². The molecular weight excluding hydrogens is 627 g/mol. The highest BCUT2D eigenvalue weighted by molar-refractivity contribution is 6.10. The van der Waals surface area contributed by atoms with Gasteiger partial charge in [-0.2, -0.15) is 0 Å². The first-order valence-corrected chi connectivity index (χ1v) is 17.0. The van der Waals surface area contributed by atoms with Gasteiger partial charge in [-0.15, -0.1) is 0 Å². The number of nitrogens with one attached hydrogen (secondary N) is 1. The molecule has 0 aromatic carbocycles. The molecule has 0 unspecified atom stereocenters. The van der Waals surface area contributed by atoms with Crippen LogP contribution in [0, 0.1) is 5.82 Å². The number of amides is 1. The van der Waals surface area contributed by atoms with Gasteiger partial charge in [-0.3, -0.25) is 24.2 Å². The zero-order valence-electron chi connectivity index (χ0n) is 27.7. The lowest BCUT2D eigenvalue weighted by molar-refractivity contribution is -0.0691. The van der Waals surface area contributed by atoms with Crippen molar-refractivity contribution in [2.45, 2.75) is 51.2 Å². The third-order valence-electron chi connectivity index (χ3n) is 10.5. The van der Waals surface area contributed by atoms with Gasteiger partial charge < -0.3 is 24.1 Å². The van der Waals surface area contributed by atoms with Gasteiger partial charge >= 0.3 is 0 Å². The Labute approximate surface area is 283 Å². The second kappa shape index (κ2) is 12.5. The zero-order valence-corrected chi connectivity index (χ0v) is 27.7. The molecule has 8 rings (SSSR count). The molecule has 2 fully saturated rings. The van der Waals surface area contributed by atoms with E-state index in [0.717, 1.165) is 57.1 Å². The van der Waals surface area contributed by atoms with Crippen LogP contribution in [0.25, 0.3) is 11.1 Å². The summed E-state index contributed by atoms with van der Waals surface area (Å²) in [6.45, 7) is 7.65. The van der Waals surface area contributed by atoms with E-state index in [0.29, 0.717) is 60.4 Å². The second-order valence-corrected chi connectivity index (χ2v) is 13.4. The third-order valence-corrected chi connectivity index (χ3v) is 10.5. The molecule has 1 amide bonds. The molecule has 0 spiro atoms. The third kappa shape index (κ3) is 5.41. The molecule has 12 nitrogen and oxygen atoms in total. The Hall–Kier alpha value is -4.88. The maximum atomic E-state index is 15.5. The van der Waals surface area contributed by atoms with Crippen molar-refractivity contribution in [3.8, 4) is 11.1 Å². The highest BCUT2D eigenvalue weighted by Crippen LogP contribution is 2.36. The molecule has 1 N–H and O–H groups in total. The Kier molecular flexibility index (Phi) is 8.03. The topological polar surface area (TPSA) is 118 Å². The Morgan fingerprint density at radius 2 is 1.88 bits per heavy atom. The number of aldehydes is 1. The van der Waals surface area contributed by atoms with Gasteiger partial charge in [0.05, 0.1) is 48.0 Å². The molecule has 0 saturated carbocycles. The monoisotopic (exact) mass is 666 g/mol. The summed E-state index contributed by atoms with van der Waals surface area (Å²) in [5, 5.41) is 3.17. The van der Waals surface area contributed by atoms with Crippen molar-refractivity contribution in [3.63, 3.8) is 0 Å². The SMILES string of the molecule is C[C@H]1CN(C2COC2)CCN1c1ccc(Nc2cc(-c3ccnc(N4CCc5c(c(F)c6n5CCCC6)C4=O)c3C=O)cn(C)c2=O)nc1. The number of hydrogen-bond acceptors (Lipinski definition) is 9. The Morgan fingerprint density at radius 3 is 2.61 bits per heavy atom. The molecule has 0 bridgehead atoms. The fourth-order valence-electron chi connectivity index (χ4n) is 7.79. The maximum absolute atomic E-state index is 15.5. The number of carbonyl (C=O) groups excluding carboxylic acids is 2. The van der Waals surface area contributed by atoms with Crippen LogP contribution in [0.1, 0.15) is 51.9 Å². The van der Waals surface area contributed by atoms with Gasteiger partial charge in [0.25, 0.3) is 11.5 Å². The van der Waals surface area contributed by atoms with Crippen molar-refractivity contribution >= 4 is 35.2 Å². The lowest BCUT2D eigenvalue weighted by Crippen LogP contribution is -2.59.